The summed E-state index contributed by atoms with van der Waals surface area (Å²) in [5.41, 5.74) is 0.507. The summed E-state index contributed by atoms with van der Waals surface area (Å²) >= 11 is 2.73. The van der Waals surface area contributed by atoms with Crippen LogP contribution in [0, 0.1) is 6.92 Å². The standard InChI is InChI=1S/C13H13F2N3O2S2/c1-7(21-13-18-17-8(2)22-13)11(19)16-9-3-5-10(6-4-9)20-12(14)15/h3-7,12H,1-2H3,(H,16,19). The summed E-state index contributed by atoms with van der Waals surface area (Å²) in [7, 11) is 0. The van der Waals surface area contributed by atoms with Crippen LogP contribution in [0.15, 0.2) is 28.6 Å². The molecule has 0 aliphatic rings. The maximum Gasteiger partial charge on any atom is 0.387 e. The van der Waals surface area contributed by atoms with E-state index in [4.69, 9.17) is 0 Å². The fraction of sp³-hybridized carbons (Fsp3) is 0.308. The van der Waals surface area contributed by atoms with Gasteiger partial charge in [0.15, 0.2) is 4.34 Å². The number of alkyl halides is 2. The van der Waals surface area contributed by atoms with Crippen LogP contribution in [-0.2, 0) is 4.79 Å². The highest BCUT2D eigenvalue weighted by Crippen LogP contribution is 2.27. The predicted octanol–water partition coefficient (Wildman–Crippen LogP) is 3.57. The Balaban J connectivity index is 1.90. The normalized spacial score (nSPS) is 12.2. The zero-order chi connectivity index (χ0) is 16.1. The summed E-state index contributed by atoms with van der Waals surface area (Å²) in [5, 5.41) is 11.0. The van der Waals surface area contributed by atoms with Crippen molar-refractivity contribution in [2.75, 3.05) is 5.32 Å². The summed E-state index contributed by atoms with van der Waals surface area (Å²) < 4.78 is 29.0. The first-order valence-electron chi connectivity index (χ1n) is 6.26. The molecule has 9 heteroatoms. The number of aryl methyl sites for hydroxylation is 1. The van der Waals surface area contributed by atoms with Crippen LogP contribution in [0.2, 0.25) is 0 Å². The molecule has 5 nitrogen and oxygen atoms in total. The van der Waals surface area contributed by atoms with E-state index in [1.54, 1.807) is 6.92 Å². The van der Waals surface area contributed by atoms with Crippen LogP contribution in [-0.4, -0.2) is 28.0 Å². The number of amides is 1. The van der Waals surface area contributed by atoms with Crippen molar-refractivity contribution in [3.05, 3.63) is 29.3 Å². The second-order valence-electron chi connectivity index (χ2n) is 4.24. The van der Waals surface area contributed by atoms with E-state index in [-0.39, 0.29) is 16.9 Å². The maximum atomic E-state index is 12.1. The maximum absolute atomic E-state index is 12.1. The summed E-state index contributed by atoms with van der Waals surface area (Å²) in [6.45, 7) is 0.729. The number of ether oxygens (including phenoxy) is 1. The average Bonchev–Trinajstić information content (AvgIpc) is 2.85. The first kappa shape index (κ1) is 16.6. The molecule has 1 N–H and O–H groups in total. The molecule has 118 valence electrons. The molecule has 0 bridgehead atoms. The molecule has 2 aromatic rings. The van der Waals surface area contributed by atoms with Crippen molar-refractivity contribution >= 4 is 34.7 Å². The van der Waals surface area contributed by atoms with Crippen molar-refractivity contribution in [1.29, 1.82) is 0 Å². The molecule has 2 rings (SSSR count). The second kappa shape index (κ2) is 7.50. The Labute approximate surface area is 134 Å². The molecule has 1 aromatic heterocycles. The summed E-state index contributed by atoms with van der Waals surface area (Å²) in [5.74, 6) is -0.167. The number of benzene rings is 1. The van der Waals surface area contributed by atoms with Gasteiger partial charge in [-0.2, -0.15) is 8.78 Å². The highest BCUT2D eigenvalue weighted by atomic mass is 32.2. The minimum Gasteiger partial charge on any atom is -0.435 e. The van der Waals surface area contributed by atoms with Gasteiger partial charge in [0.25, 0.3) is 0 Å². The number of anilines is 1. The highest BCUT2D eigenvalue weighted by Gasteiger charge is 2.17. The van der Waals surface area contributed by atoms with Crippen LogP contribution in [0.4, 0.5) is 14.5 Å². The largest absolute Gasteiger partial charge is 0.435 e. The summed E-state index contributed by atoms with van der Waals surface area (Å²) in [6.07, 6.45) is 0. The molecular weight excluding hydrogens is 332 g/mol. The Kier molecular flexibility index (Phi) is 5.67. The van der Waals surface area contributed by atoms with Gasteiger partial charge < -0.3 is 10.1 Å². The lowest BCUT2D eigenvalue weighted by Crippen LogP contribution is -2.22. The number of carbonyl (C=O) groups excluding carboxylic acids is 1. The van der Waals surface area contributed by atoms with E-state index >= 15 is 0 Å². The Hall–Kier alpha value is -1.74. The number of halogens is 2. The van der Waals surface area contributed by atoms with Crippen LogP contribution < -0.4 is 10.1 Å². The third-order valence-electron chi connectivity index (χ3n) is 2.50. The zero-order valence-corrected chi connectivity index (χ0v) is 13.4. The van der Waals surface area contributed by atoms with Gasteiger partial charge in [-0.15, -0.1) is 10.2 Å². The van der Waals surface area contributed by atoms with E-state index in [1.165, 1.54) is 47.4 Å². The number of rotatable bonds is 6. The number of thioether (sulfide) groups is 1. The SMILES string of the molecule is Cc1nnc(SC(C)C(=O)Nc2ccc(OC(F)F)cc2)s1. The Bertz CT molecular complexity index is 634. The van der Waals surface area contributed by atoms with Gasteiger partial charge in [0.2, 0.25) is 5.91 Å². The fourth-order valence-corrected chi connectivity index (χ4v) is 3.45. The van der Waals surface area contributed by atoms with Crippen LogP contribution in [0.1, 0.15) is 11.9 Å². The molecular formula is C13H13F2N3O2S2. The Morgan fingerprint density at radius 2 is 2.00 bits per heavy atom. The van der Waals surface area contributed by atoms with Crippen LogP contribution in [0.5, 0.6) is 5.75 Å². The van der Waals surface area contributed by atoms with E-state index in [9.17, 15) is 13.6 Å². The number of aromatic nitrogens is 2. The van der Waals surface area contributed by atoms with Crippen molar-refractivity contribution in [3.63, 3.8) is 0 Å². The molecule has 0 fully saturated rings. The molecule has 1 aromatic carbocycles. The number of carbonyl (C=O) groups is 1. The predicted molar refractivity (Wildman–Crippen MR) is 81.7 cm³/mol. The average molecular weight is 345 g/mol. The minimum atomic E-state index is -2.87. The molecule has 0 saturated heterocycles. The molecule has 1 amide bonds. The number of hydrogen-bond acceptors (Lipinski definition) is 6. The summed E-state index contributed by atoms with van der Waals surface area (Å²) in [6, 6.07) is 5.74. The first-order chi connectivity index (χ1) is 10.4. The molecule has 0 radical (unpaired) electrons. The van der Waals surface area contributed by atoms with E-state index < -0.39 is 6.61 Å². The molecule has 1 heterocycles. The number of nitrogens with zero attached hydrogens (tertiary/aromatic N) is 2. The topological polar surface area (TPSA) is 64.1 Å². The number of hydrogen-bond donors (Lipinski definition) is 1. The van der Waals surface area contributed by atoms with Gasteiger partial charge >= 0.3 is 6.61 Å². The van der Waals surface area contributed by atoms with Crippen LogP contribution in [0.3, 0.4) is 0 Å². The van der Waals surface area contributed by atoms with E-state index in [2.05, 4.69) is 20.3 Å². The lowest BCUT2D eigenvalue weighted by molar-refractivity contribution is -0.115. The molecule has 0 saturated carbocycles. The van der Waals surface area contributed by atoms with Crippen molar-refractivity contribution in [2.24, 2.45) is 0 Å². The molecule has 0 spiro atoms. The Morgan fingerprint density at radius 1 is 1.32 bits per heavy atom. The smallest absolute Gasteiger partial charge is 0.387 e. The first-order valence-corrected chi connectivity index (χ1v) is 7.96. The van der Waals surface area contributed by atoms with E-state index in [1.807, 2.05) is 6.92 Å². The fourth-order valence-electron chi connectivity index (χ4n) is 1.49. The van der Waals surface area contributed by atoms with Gasteiger partial charge in [0.05, 0.1) is 5.25 Å². The third kappa shape index (κ3) is 4.92. The van der Waals surface area contributed by atoms with Crippen molar-refractivity contribution in [2.45, 2.75) is 30.0 Å². The van der Waals surface area contributed by atoms with Gasteiger partial charge in [-0.3, -0.25) is 4.79 Å². The quantitative estimate of drug-likeness (QED) is 0.811. The van der Waals surface area contributed by atoms with Gasteiger partial charge in [-0.1, -0.05) is 23.1 Å². The van der Waals surface area contributed by atoms with Crippen LogP contribution in [0.25, 0.3) is 0 Å². The highest BCUT2D eigenvalue weighted by molar-refractivity contribution is 8.02. The van der Waals surface area contributed by atoms with Crippen molar-refractivity contribution in [3.8, 4) is 5.75 Å². The zero-order valence-electron chi connectivity index (χ0n) is 11.7. The molecule has 1 unspecified atom stereocenters. The molecule has 0 aliphatic carbocycles. The van der Waals surface area contributed by atoms with E-state index in [0.29, 0.717) is 5.69 Å². The molecule has 1 atom stereocenters. The molecule has 22 heavy (non-hydrogen) atoms. The molecule has 0 aliphatic heterocycles. The summed E-state index contributed by atoms with van der Waals surface area (Å²) in [4.78, 5) is 12.1. The van der Waals surface area contributed by atoms with Gasteiger partial charge in [-0.05, 0) is 38.1 Å². The van der Waals surface area contributed by atoms with Crippen molar-refractivity contribution in [1.82, 2.24) is 10.2 Å². The van der Waals surface area contributed by atoms with Gasteiger partial charge in [0.1, 0.15) is 10.8 Å². The monoisotopic (exact) mass is 345 g/mol. The second-order valence-corrected chi connectivity index (χ2v) is 7.01. The lowest BCUT2D eigenvalue weighted by atomic mass is 10.3. The van der Waals surface area contributed by atoms with Crippen LogP contribution >= 0.6 is 23.1 Å². The minimum absolute atomic E-state index is 0.0414. The van der Waals surface area contributed by atoms with Gasteiger partial charge in [-0.25, -0.2) is 0 Å². The van der Waals surface area contributed by atoms with Gasteiger partial charge in [0, 0.05) is 5.69 Å². The number of nitrogens with one attached hydrogen (secondary N) is 1. The third-order valence-corrected chi connectivity index (χ3v) is 4.52. The Morgan fingerprint density at radius 3 is 2.55 bits per heavy atom. The van der Waals surface area contributed by atoms with E-state index in [0.717, 1.165) is 9.35 Å². The lowest BCUT2D eigenvalue weighted by Gasteiger charge is -2.11. The van der Waals surface area contributed by atoms with Crippen molar-refractivity contribution < 1.29 is 18.3 Å².